The summed E-state index contributed by atoms with van der Waals surface area (Å²) >= 11 is 3.51. The number of ether oxygens (including phenoxy) is 1. The molecule has 2 rings (SSSR count). The number of allylic oxidation sites excluding steroid dienone is 2. The first-order valence-electron chi connectivity index (χ1n) is 10.2. The first-order valence-corrected chi connectivity index (χ1v) is 11.8. The average molecular weight is 444 g/mol. The van der Waals surface area contributed by atoms with Gasteiger partial charge in [-0.2, -0.15) is 0 Å². The second-order valence-corrected chi connectivity index (χ2v) is 11.1. The highest BCUT2D eigenvalue weighted by Crippen LogP contribution is 2.36. The van der Waals surface area contributed by atoms with Gasteiger partial charge >= 0.3 is 0 Å². The number of aliphatic hydroxyl groups excluding tert-OH is 1. The van der Waals surface area contributed by atoms with E-state index in [1.54, 1.807) is 23.5 Å². The van der Waals surface area contributed by atoms with Crippen molar-refractivity contribution in [3.63, 3.8) is 0 Å². The van der Waals surface area contributed by atoms with Crippen molar-refractivity contribution in [3.8, 4) is 10.6 Å². The van der Waals surface area contributed by atoms with Gasteiger partial charge in [0.25, 0.3) is 0 Å². The molecule has 1 N–H and O–H groups in total. The molecule has 0 saturated carbocycles. The number of hydrogen-bond acceptors (Lipinski definition) is 5. The Morgan fingerprint density at radius 3 is 2.33 bits per heavy atom. The number of hydrogen-bond donors (Lipinski definition) is 1. The lowest BCUT2D eigenvalue weighted by atomic mass is 10.1. The summed E-state index contributed by atoms with van der Waals surface area (Å²) in [7, 11) is 0. The molecule has 30 heavy (non-hydrogen) atoms. The summed E-state index contributed by atoms with van der Waals surface area (Å²) in [4.78, 5) is 5.97. The number of thiazole rings is 1. The molecule has 2 aromatic rings. The SMILES string of the molecule is C=C/C=c1/nc(-c2ccc(SC(C)(C)CCOC(C)(C)CCO)cc2)s/c1=C/C=C. The van der Waals surface area contributed by atoms with Crippen LogP contribution >= 0.6 is 23.1 Å². The molecule has 0 atom stereocenters. The van der Waals surface area contributed by atoms with Gasteiger partial charge in [0.2, 0.25) is 0 Å². The van der Waals surface area contributed by atoms with Gasteiger partial charge in [-0.05, 0) is 51.0 Å². The highest BCUT2D eigenvalue weighted by molar-refractivity contribution is 8.00. The zero-order valence-electron chi connectivity index (χ0n) is 18.5. The third kappa shape index (κ3) is 7.55. The van der Waals surface area contributed by atoms with Crippen LogP contribution in [0.4, 0.5) is 0 Å². The van der Waals surface area contributed by atoms with E-state index in [-0.39, 0.29) is 17.0 Å². The Morgan fingerprint density at radius 1 is 1.07 bits per heavy atom. The monoisotopic (exact) mass is 443 g/mol. The summed E-state index contributed by atoms with van der Waals surface area (Å²) < 4.78 is 7.11. The second kappa shape index (κ2) is 11.1. The first kappa shape index (κ1) is 24.6. The van der Waals surface area contributed by atoms with Crippen LogP contribution in [-0.2, 0) is 4.74 Å². The van der Waals surface area contributed by atoms with Crippen LogP contribution < -0.4 is 9.88 Å². The predicted molar refractivity (Wildman–Crippen MR) is 132 cm³/mol. The average Bonchev–Trinajstić information content (AvgIpc) is 3.05. The Kier molecular flexibility index (Phi) is 9.10. The summed E-state index contributed by atoms with van der Waals surface area (Å²) in [5.41, 5.74) is 0.827. The molecule has 1 heterocycles. The number of benzene rings is 1. The minimum atomic E-state index is -0.283. The Balaban J connectivity index is 2.06. The fraction of sp³-hybridized carbons (Fsp3) is 0.400. The van der Waals surface area contributed by atoms with Crippen molar-refractivity contribution in [1.82, 2.24) is 4.98 Å². The van der Waals surface area contributed by atoms with Gasteiger partial charge in [0.15, 0.2) is 0 Å². The van der Waals surface area contributed by atoms with Crippen LogP contribution in [0.1, 0.15) is 40.5 Å². The molecule has 0 aliphatic rings. The van der Waals surface area contributed by atoms with Crippen molar-refractivity contribution in [2.45, 2.75) is 55.8 Å². The van der Waals surface area contributed by atoms with Gasteiger partial charge in [0.1, 0.15) is 5.01 Å². The second-order valence-electron chi connectivity index (χ2n) is 8.29. The number of thioether (sulfide) groups is 1. The summed E-state index contributed by atoms with van der Waals surface area (Å²) in [6, 6.07) is 8.59. The molecule has 0 spiro atoms. The maximum Gasteiger partial charge on any atom is 0.124 e. The number of nitrogens with zero attached hydrogens (tertiary/aromatic N) is 1. The van der Waals surface area contributed by atoms with Crippen LogP contribution in [0, 0.1) is 0 Å². The number of aliphatic hydroxyl groups is 1. The van der Waals surface area contributed by atoms with Gasteiger partial charge in [-0.3, -0.25) is 0 Å². The van der Waals surface area contributed by atoms with Crippen LogP contribution in [0.25, 0.3) is 22.7 Å². The van der Waals surface area contributed by atoms with E-state index in [0.717, 1.165) is 26.9 Å². The molecule has 0 saturated heterocycles. The third-order valence-corrected chi connectivity index (χ3v) is 6.98. The quantitative estimate of drug-likeness (QED) is 0.486. The minimum Gasteiger partial charge on any atom is -0.396 e. The zero-order chi connectivity index (χ0) is 22.2. The van der Waals surface area contributed by atoms with Gasteiger partial charge in [0.05, 0.1) is 15.5 Å². The van der Waals surface area contributed by atoms with Gasteiger partial charge in [-0.15, -0.1) is 23.1 Å². The molecule has 0 bridgehead atoms. The summed E-state index contributed by atoms with van der Waals surface area (Å²) in [5.74, 6) is 0. The molecular formula is C25H33NO2S2. The maximum atomic E-state index is 9.13. The highest BCUT2D eigenvalue weighted by Gasteiger charge is 2.23. The van der Waals surface area contributed by atoms with Crippen molar-refractivity contribution in [1.29, 1.82) is 0 Å². The normalized spacial score (nSPS) is 13.6. The minimum absolute atomic E-state index is 0.0518. The van der Waals surface area contributed by atoms with Gasteiger partial charge < -0.3 is 9.84 Å². The number of aromatic nitrogens is 1. The largest absolute Gasteiger partial charge is 0.396 e. The van der Waals surface area contributed by atoms with Crippen molar-refractivity contribution in [3.05, 3.63) is 59.5 Å². The highest BCUT2D eigenvalue weighted by atomic mass is 32.2. The molecule has 0 aliphatic heterocycles. The van der Waals surface area contributed by atoms with Crippen LogP contribution in [0.3, 0.4) is 0 Å². The van der Waals surface area contributed by atoms with Crippen LogP contribution in [0.5, 0.6) is 0 Å². The van der Waals surface area contributed by atoms with E-state index >= 15 is 0 Å². The van der Waals surface area contributed by atoms with E-state index in [0.29, 0.717) is 13.0 Å². The molecule has 0 amide bonds. The van der Waals surface area contributed by atoms with Gasteiger partial charge in [-0.25, -0.2) is 4.98 Å². The molecule has 3 nitrogen and oxygen atoms in total. The van der Waals surface area contributed by atoms with E-state index in [1.807, 2.05) is 37.8 Å². The van der Waals surface area contributed by atoms with E-state index in [9.17, 15) is 0 Å². The predicted octanol–water partition coefficient (Wildman–Crippen LogP) is 5.18. The molecule has 162 valence electrons. The van der Waals surface area contributed by atoms with Gasteiger partial charge in [-0.1, -0.05) is 51.3 Å². The molecule has 0 aliphatic carbocycles. The van der Waals surface area contributed by atoms with Crippen molar-refractivity contribution < 1.29 is 9.84 Å². The van der Waals surface area contributed by atoms with Crippen LogP contribution in [0.2, 0.25) is 0 Å². The molecule has 0 fully saturated rings. The number of rotatable bonds is 11. The summed E-state index contributed by atoms with van der Waals surface area (Å²) in [6.45, 7) is 16.9. The molecule has 0 unspecified atom stereocenters. The summed E-state index contributed by atoms with van der Waals surface area (Å²) in [6.07, 6.45) is 9.03. The molecule has 5 heteroatoms. The lowest BCUT2D eigenvalue weighted by Crippen LogP contribution is -2.28. The summed E-state index contributed by atoms with van der Waals surface area (Å²) in [5, 5.41) is 11.0. The fourth-order valence-electron chi connectivity index (χ4n) is 2.87. The first-order chi connectivity index (χ1) is 14.2. The van der Waals surface area contributed by atoms with Crippen LogP contribution in [-0.4, -0.2) is 33.7 Å². The third-order valence-electron chi connectivity index (χ3n) is 4.63. The smallest absolute Gasteiger partial charge is 0.124 e. The fourth-order valence-corrected chi connectivity index (χ4v) is 4.96. The Hall–Kier alpha value is -1.66. The van der Waals surface area contributed by atoms with E-state index in [4.69, 9.17) is 14.8 Å². The molecule has 1 aromatic heterocycles. The molecule has 0 radical (unpaired) electrons. The topological polar surface area (TPSA) is 42.4 Å². The lowest BCUT2D eigenvalue weighted by Gasteiger charge is -2.29. The Bertz CT molecular complexity index is 919. The van der Waals surface area contributed by atoms with Crippen molar-refractivity contribution >= 4 is 35.3 Å². The van der Waals surface area contributed by atoms with Crippen molar-refractivity contribution in [2.24, 2.45) is 0 Å². The van der Waals surface area contributed by atoms with Crippen LogP contribution in [0.15, 0.2) is 54.5 Å². The Morgan fingerprint density at radius 2 is 1.73 bits per heavy atom. The lowest BCUT2D eigenvalue weighted by molar-refractivity contribution is -0.0352. The molecule has 1 aromatic carbocycles. The zero-order valence-corrected chi connectivity index (χ0v) is 20.1. The molecular weight excluding hydrogens is 410 g/mol. The Labute approximate surface area is 188 Å². The standard InChI is InChI=1S/C25H33NO2S2/c1-7-9-21-22(10-8-2)29-23(26-21)19-11-13-20(14-12-19)30-25(5,6)16-18-28-24(3,4)15-17-27/h7-14,27H,1-2,15-18H2,3-6H3/b21-9+,22-10+. The van der Waals surface area contributed by atoms with E-state index < -0.39 is 0 Å². The van der Waals surface area contributed by atoms with Gasteiger partial charge in [0, 0.05) is 28.4 Å². The van der Waals surface area contributed by atoms with Crippen molar-refractivity contribution in [2.75, 3.05) is 13.2 Å². The maximum absolute atomic E-state index is 9.13. The van der Waals surface area contributed by atoms with E-state index in [1.165, 1.54) is 4.90 Å². The van der Waals surface area contributed by atoms with E-state index in [2.05, 4.69) is 51.3 Å².